The average molecular weight is 473 g/mol. The van der Waals surface area contributed by atoms with E-state index in [1.807, 2.05) is 18.2 Å². The van der Waals surface area contributed by atoms with Crippen molar-refractivity contribution in [1.82, 2.24) is 9.88 Å². The number of alkyl halides is 2. The highest BCUT2D eigenvalue weighted by atomic mass is 19.3. The standard InChI is InChI=1S/C25H26F3N3O3/c1-15(17-5-4-6-18(22(17)26)23(27)28)30-21-9-11-29-20-8-7-16(13-19(20)21)25(34-3)10-12-31(14-25)24(32)33-2/h4-9,11,13,15,23H,10,12,14H2,1-3H3,(H,29,30)/t15-,25-/m1/s1. The fourth-order valence-corrected chi connectivity index (χ4v) is 4.52. The van der Waals surface area contributed by atoms with Gasteiger partial charge in [-0.25, -0.2) is 18.0 Å². The van der Waals surface area contributed by atoms with Gasteiger partial charge >= 0.3 is 6.09 Å². The fraction of sp³-hybridized carbons (Fsp3) is 0.360. The number of pyridine rings is 1. The summed E-state index contributed by atoms with van der Waals surface area (Å²) in [7, 11) is 2.95. The molecule has 4 rings (SSSR count). The van der Waals surface area contributed by atoms with Crippen LogP contribution in [-0.2, 0) is 15.1 Å². The zero-order valence-electron chi connectivity index (χ0n) is 19.1. The van der Waals surface area contributed by atoms with Gasteiger partial charge < -0.3 is 19.7 Å². The molecule has 0 saturated carbocycles. The molecule has 1 N–H and O–H groups in total. The smallest absolute Gasteiger partial charge is 0.409 e. The van der Waals surface area contributed by atoms with Crippen molar-refractivity contribution in [2.24, 2.45) is 0 Å². The summed E-state index contributed by atoms with van der Waals surface area (Å²) >= 11 is 0. The molecule has 2 heterocycles. The number of aromatic nitrogens is 1. The Labute approximate surface area is 195 Å². The zero-order valence-corrected chi connectivity index (χ0v) is 19.1. The Morgan fingerprint density at radius 3 is 2.65 bits per heavy atom. The molecular weight excluding hydrogens is 447 g/mol. The van der Waals surface area contributed by atoms with Gasteiger partial charge in [-0.1, -0.05) is 24.3 Å². The molecule has 0 aliphatic carbocycles. The first-order valence-corrected chi connectivity index (χ1v) is 10.9. The number of rotatable bonds is 6. The summed E-state index contributed by atoms with van der Waals surface area (Å²) in [6, 6.07) is 10.9. The van der Waals surface area contributed by atoms with Crippen LogP contribution in [0.3, 0.4) is 0 Å². The van der Waals surface area contributed by atoms with Crippen LogP contribution >= 0.6 is 0 Å². The maximum atomic E-state index is 14.7. The number of halogens is 3. The lowest BCUT2D eigenvalue weighted by atomic mass is 9.91. The van der Waals surface area contributed by atoms with E-state index in [1.54, 1.807) is 31.2 Å². The Morgan fingerprint density at radius 1 is 1.18 bits per heavy atom. The van der Waals surface area contributed by atoms with Crippen LogP contribution in [0.4, 0.5) is 23.7 Å². The number of anilines is 1. The molecule has 1 aliphatic rings. The van der Waals surface area contributed by atoms with E-state index in [9.17, 15) is 18.0 Å². The second-order valence-corrected chi connectivity index (χ2v) is 8.35. The van der Waals surface area contributed by atoms with Crippen LogP contribution in [-0.4, -0.2) is 43.3 Å². The summed E-state index contributed by atoms with van der Waals surface area (Å²) in [6.45, 7) is 2.55. The first-order valence-electron chi connectivity index (χ1n) is 10.9. The fourth-order valence-electron chi connectivity index (χ4n) is 4.52. The maximum Gasteiger partial charge on any atom is 0.409 e. The van der Waals surface area contributed by atoms with Gasteiger partial charge in [-0.15, -0.1) is 0 Å². The second kappa shape index (κ2) is 9.50. The monoisotopic (exact) mass is 473 g/mol. The van der Waals surface area contributed by atoms with Gasteiger partial charge in [0.1, 0.15) is 11.4 Å². The van der Waals surface area contributed by atoms with Gasteiger partial charge in [0.25, 0.3) is 6.43 Å². The minimum Gasteiger partial charge on any atom is -0.453 e. The van der Waals surface area contributed by atoms with Gasteiger partial charge in [0.15, 0.2) is 0 Å². The molecule has 1 amide bonds. The predicted octanol–water partition coefficient (Wildman–Crippen LogP) is 5.80. The van der Waals surface area contributed by atoms with Gasteiger partial charge in [0, 0.05) is 42.9 Å². The minimum absolute atomic E-state index is 0.150. The summed E-state index contributed by atoms with van der Waals surface area (Å²) in [5, 5.41) is 4.01. The second-order valence-electron chi connectivity index (χ2n) is 8.35. The third-order valence-corrected chi connectivity index (χ3v) is 6.46. The van der Waals surface area contributed by atoms with Crippen LogP contribution in [0.25, 0.3) is 10.9 Å². The lowest BCUT2D eigenvalue weighted by molar-refractivity contribution is -0.00536. The van der Waals surface area contributed by atoms with Crippen LogP contribution < -0.4 is 5.32 Å². The topological polar surface area (TPSA) is 63.7 Å². The molecule has 0 radical (unpaired) electrons. The number of fused-ring (bicyclic) bond motifs is 1. The van der Waals surface area contributed by atoms with E-state index in [-0.39, 0.29) is 5.56 Å². The van der Waals surface area contributed by atoms with E-state index < -0.39 is 35.5 Å². The molecule has 1 saturated heterocycles. The van der Waals surface area contributed by atoms with E-state index in [0.29, 0.717) is 30.7 Å². The largest absolute Gasteiger partial charge is 0.453 e. The van der Waals surface area contributed by atoms with Gasteiger partial charge in [-0.3, -0.25) is 4.98 Å². The number of carbonyl (C=O) groups excluding carboxylic acids is 1. The van der Waals surface area contributed by atoms with Crippen molar-refractivity contribution in [1.29, 1.82) is 0 Å². The van der Waals surface area contributed by atoms with Crippen molar-refractivity contribution in [3.63, 3.8) is 0 Å². The molecule has 1 aliphatic heterocycles. The van der Waals surface area contributed by atoms with Gasteiger partial charge in [-0.05, 0) is 30.7 Å². The average Bonchev–Trinajstić information content (AvgIpc) is 3.29. The molecule has 1 aromatic heterocycles. The molecule has 0 spiro atoms. The number of nitrogens with one attached hydrogen (secondary N) is 1. The number of methoxy groups -OCH3 is 2. The highest BCUT2D eigenvalue weighted by molar-refractivity contribution is 5.91. The number of benzene rings is 2. The molecular formula is C25H26F3N3O3. The minimum atomic E-state index is -2.89. The molecule has 3 aromatic rings. The molecule has 0 bridgehead atoms. The highest BCUT2D eigenvalue weighted by Gasteiger charge is 2.42. The molecule has 9 heteroatoms. The molecule has 2 atom stereocenters. The molecule has 180 valence electrons. The van der Waals surface area contributed by atoms with Crippen molar-refractivity contribution >= 4 is 22.7 Å². The van der Waals surface area contributed by atoms with Crippen LogP contribution in [0.1, 0.15) is 42.5 Å². The number of hydrogen-bond donors (Lipinski definition) is 1. The summed E-state index contributed by atoms with van der Waals surface area (Å²) in [5.74, 6) is -0.913. The van der Waals surface area contributed by atoms with Crippen molar-refractivity contribution in [2.75, 3.05) is 32.6 Å². The van der Waals surface area contributed by atoms with E-state index in [2.05, 4.69) is 10.3 Å². The number of carbonyl (C=O) groups is 1. The molecule has 1 fully saturated rings. The van der Waals surface area contributed by atoms with Crippen molar-refractivity contribution in [3.8, 4) is 0 Å². The number of likely N-dealkylation sites (tertiary alicyclic amines) is 1. The lowest BCUT2D eigenvalue weighted by Crippen LogP contribution is -2.35. The Balaban J connectivity index is 1.69. The summed E-state index contributed by atoms with van der Waals surface area (Å²) < 4.78 is 51.7. The van der Waals surface area contributed by atoms with Gasteiger partial charge in [-0.2, -0.15) is 0 Å². The predicted molar refractivity (Wildman–Crippen MR) is 122 cm³/mol. The molecule has 2 aromatic carbocycles. The Morgan fingerprint density at radius 2 is 1.94 bits per heavy atom. The Kier molecular flexibility index (Phi) is 6.65. The van der Waals surface area contributed by atoms with Crippen LogP contribution in [0.15, 0.2) is 48.7 Å². The molecule has 0 unspecified atom stereocenters. The molecule has 34 heavy (non-hydrogen) atoms. The highest BCUT2D eigenvalue weighted by Crippen LogP contribution is 2.38. The summed E-state index contributed by atoms with van der Waals surface area (Å²) in [5.41, 5.74) is 1.07. The van der Waals surface area contributed by atoms with Crippen LogP contribution in [0.2, 0.25) is 0 Å². The number of amides is 1. The first-order chi connectivity index (χ1) is 16.3. The van der Waals surface area contributed by atoms with Gasteiger partial charge in [0.2, 0.25) is 0 Å². The van der Waals surface area contributed by atoms with E-state index in [0.717, 1.165) is 17.0 Å². The van der Waals surface area contributed by atoms with Crippen LogP contribution in [0.5, 0.6) is 0 Å². The number of hydrogen-bond acceptors (Lipinski definition) is 5. The van der Waals surface area contributed by atoms with Crippen molar-refractivity contribution in [2.45, 2.75) is 31.4 Å². The number of ether oxygens (including phenoxy) is 2. The molecule has 6 nitrogen and oxygen atoms in total. The normalized spacial score (nSPS) is 19.0. The van der Waals surface area contributed by atoms with Crippen molar-refractivity contribution in [3.05, 3.63) is 71.2 Å². The van der Waals surface area contributed by atoms with Crippen LogP contribution in [0, 0.1) is 5.82 Å². The van der Waals surface area contributed by atoms with Gasteiger partial charge in [0.05, 0.1) is 30.8 Å². The third kappa shape index (κ3) is 4.27. The Hall–Kier alpha value is -3.33. The zero-order chi connectivity index (χ0) is 24.5. The summed E-state index contributed by atoms with van der Waals surface area (Å²) in [6.07, 6.45) is -1.08. The third-order valence-electron chi connectivity index (χ3n) is 6.46. The Bertz CT molecular complexity index is 1210. The van der Waals surface area contributed by atoms with Crippen molar-refractivity contribution < 1.29 is 27.4 Å². The van der Waals surface area contributed by atoms with E-state index in [4.69, 9.17) is 9.47 Å². The van der Waals surface area contributed by atoms with E-state index >= 15 is 0 Å². The SMILES string of the molecule is COC(=O)N1CC[C@](OC)(c2ccc3nccc(N[C@H](C)c4cccc(C(F)F)c4F)c3c2)C1. The lowest BCUT2D eigenvalue weighted by Gasteiger charge is -2.29. The first kappa shape index (κ1) is 23.8. The van der Waals surface area contributed by atoms with E-state index in [1.165, 1.54) is 19.2 Å². The quantitative estimate of drug-likeness (QED) is 0.490. The maximum absolute atomic E-state index is 14.7. The number of nitrogens with zero attached hydrogens (tertiary/aromatic N) is 2. The summed E-state index contributed by atoms with van der Waals surface area (Å²) in [4.78, 5) is 18.0.